The van der Waals surface area contributed by atoms with E-state index >= 15 is 0 Å². The second-order valence-corrected chi connectivity index (χ2v) is 8.46. The highest BCUT2D eigenvalue weighted by Gasteiger charge is 2.24. The van der Waals surface area contributed by atoms with Gasteiger partial charge in [-0.05, 0) is 12.5 Å². The molecular formula is C22H24N6O2S. The molecule has 2 aromatic heterocycles. The third-order valence-electron chi connectivity index (χ3n) is 5.38. The third kappa shape index (κ3) is 4.18. The van der Waals surface area contributed by atoms with Gasteiger partial charge >= 0.3 is 0 Å². The van der Waals surface area contributed by atoms with E-state index in [-0.39, 0.29) is 17.3 Å². The van der Waals surface area contributed by atoms with E-state index in [1.165, 1.54) is 11.3 Å². The van der Waals surface area contributed by atoms with Crippen molar-refractivity contribution < 1.29 is 9.53 Å². The van der Waals surface area contributed by atoms with Gasteiger partial charge in [-0.25, -0.2) is 4.98 Å². The molecule has 1 fully saturated rings. The molecule has 9 heteroatoms. The van der Waals surface area contributed by atoms with Gasteiger partial charge in [0.25, 0.3) is 5.91 Å². The van der Waals surface area contributed by atoms with Gasteiger partial charge in [0.15, 0.2) is 0 Å². The minimum atomic E-state index is -0.249. The van der Waals surface area contributed by atoms with E-state index in [9.17, 15) is 10.1 Å². The summed E-state index contributed by atoms with van der Waals surface area (Å²) in [7, 11) is 0. The van der Waals surface area contributed by atoms with Crippen LogP contribution < -0.4 is 16.8 Å². The summed E-state index contributed by atoms with van der Waals surface area (Å²) in [5, 5.41) is 13.3. The Bertz CT molecular complexity index is 1160. The Labute approximate surface area is 184 Å². The van der Waals surface area contributed by atoms with Crippen molar-refractivity contribution in [1.29, 1.82) is 5.26 Å². The minimum absolute atomic E-state index is 0.131. The lowest BCUT2D eigenvalue weighted by atomic mass is 9.96. The summed E-state index contributed by atoms with van der Waals surface area (Å²) in [6.45, 7) is 6.40. The quantitative estimate of drug-likeness (QED) is 0.560. The summed E-state index contributed by atoms with van der Waals surface area (Å²) in [5.41, 5.74) is 15.6. The zero-order chi connectivity index (χ0) is 22.0. The Kier molecular flexibility index (Phi) is 6.04. The van der Waals surface area contributed by atoms with Crippen molar-refractivity contribution in [3.05, 3.63) is 40.3 Å². The summed E-state index contributed by atoms with van der Waals surface area (Å²) in [4.78, 5) is 20.4. The van der Waals surface area contributed by atoms with Crippen molar-refractivity contribution in [2.24, 2.45) is 0 Å². The zero-order valence-corrected chi connectivity index (χ0v) is 18.1. The number of fused-ring (bicyclic) bond motifs is 1. The highest BCUT2D eigenvalue weighted by atomic mass is 32.1. The number of thiophene rings is 1. The summed E-state index contributed by atoms with van der Waals surface area (Å²) >= 11 is 1.19. The minimum Gasteiger partial charge on any atom is -0.397 e. The van der Waals surface area contributed by atoms with E-state index in [4.69, 9.17) is 16.2 Å². The Hall–Kier alpha value is -3.19. The number of nitriles is 1. The number of aromatic nitrogens is 1. The second-order valence-electron chi connectivity index (χ2n) is 7.46. The SMILES string of the molecule is Cc1ccc(-c2c(C#N)c(N)nc3sc(C(=O)NCCN4CCOCC4)c(N)c23)cc1. The number of nitrogens with zero attached hydrogens (tertiary/aromatic N) is 3. The maximum Gasteiger partial charge on any atom is 0.263 e. The first-order valence-corrected chi connectivity index (χ1v) is 10.9. The summed E-state index contributed by atoms with van der Waals surface area (Å²) in [5.74, 6) is -0.119. The van der Waals surface area contributed by atoms with Crippen LogP contribution in [0.2, 0.25) is 0 Å². The average molecular weight is 437 g/mol. The Morgan fingerprint density at radius 2 is 2.00 bits per heavy atom. The topological polar surface area (TPSA) is 130 Å². The Morgan fingerprint density at radius 1 is 1.29 bits per heavy atom. The lowest BCUT2D eigenvalue weighted by molar-refractivity contribution is 0.0383. The van der Waals surface area contributed by atoms with Gasteiger partial charge in [0.1, 0.15) is 27.2 Å². The largest absolute Gasteiger partial charge is 0.397 e. The van der Waals surface area contributed by atoms with E-state index in [1.54, 1.807) is 0 Å². The molecule has 5 N–H and O–H groups in total. The van der Waals surface area contributed by atoms with Gasteiger partial charge in [0, 0.05) is 37.1 Å². The van der Waals surface area contributed by atoms with Crippen LogP contribution in [-0.2, 0) is 4.74 Å². The highest BCUT2D eigenvalue weighted by Crippen LogP contribution is 2.42. The van der Waals surface area contributed by atoms with E-state index < -0.39 is 0 Å². The molecule has 0 unspecified atom stereocenters. The molecule has 3 heterocycles. The monoisotopic (exact) mass is 436 g/mol. The van der Waals surface area contributed by atoms with Crippen molar-refractivity contribution >= 4 is 39.0 Å². The average Bonchev–Trinajstić information content (AvgIpc) is 3.10. The number of pyridine rings is 1. The van der Waals surface area contributed by atoms with Gasteiger partial charge in [0.2, 0.25) is 0 Å². The van der Waals surface area contributed by atoms with Crippen molar-refractivity contribution in [3.63, 3.8) is 0 Å². The second kappa shape index (κ2) is 8.89. The number of rotatable bonds is 5. The lowest BCUT2D eigenvalue weighted by Gasteiger charge is -2.26. The number of carbonyl (C=O) groups is 1. The van der Waals surface area contributed by atoms with Gasteiger partial charge in [-0.15, -0.1) is 11.3 Å². The zero-order valence-electron chi connectivity index (χ0n) is 17.3. The first kappa shape index (κ1) is 21.1. The molecule has 0 saturated carbocycles. The van der Waals surface area contributed by atoms with Gasteiger partial charge in [0.05, 0.1) is 18.9 Å². The van der Waals surface area contributed by atoms with Crippen LogP contribution in [0, 0.1) is 18.3 Å². The molecule has 1 aliphatic rings. The van der Waals surface area contributed by atoms with Crippen LogP contribution in [0.25, 0.3) is 21.3 Å². The number of nitrogens with two attached hydrogens (primary N) is 2. The van der Waals surface area contributed by atoms with Crippen LogP contribution >= 0.6 is 11.3 Å². The molecule has 0 aliphatic carbocycles. The number of aryl methyl sites for hydroxylation is 1. The molecule has 160 valence electrons. The van der Waals surface area contributed by atoms with Crippen molar-refractivity contribution in [2.45, 2.75) is 6.92 Å². The molecule has 0 atom stereocenters. The number of nitrogens with one attached hydrogen (secondary N) is 1. The van der Waals surface area contributed by atoms with Crippen molar-refractivity contribution in [1.82, 2.24) is 15.2 Å². The number of nitrogen functional groups attached to an aromatic ring is 2. The van der Waals surface area contributed by atoms with E-state index in [0.717, 1.165) is 30.8 Å². The van der Waals surface area contributed by atoms with E-state index in [1.807, 2.05) is 31.2 Å². The molecular weight excluding hydrogens is 412 g/mol. The summed E-state index contributed by atoms with van der Waals surface area (Å²) in [6, 6.07) is 9.91. The summed E-state index contributed by atoms with van der Waals surface area (Å²) < 4.78 is 5.34. The van der Waals surface area contributed by atoms with Crippen LogP contribution in [0.3, 0.4) is 0 Å². The maximum absolute atomic E-state index is 12.9. The van der Waals surface area contributed by atoms with Gasteiger partial charge < -0.3 is 21.5 Å². The number of carbonyl (C=O) groups excluding carboxylic acids is 1. The van der Waals surface area contributed by atoms with Crippen LogP contribution in [0.1, 0.15) is 20.8 Å². The Balaban J connectivity index is 1.67. The fraction of sp³-hybridized carbons (Fsp3) is 0.318. The molecule has 0 spiro atoms. The predicted molar refractivity (Wildman–Crippen MR) is 123 cm³/mol. The number of hydrogen-bond acceptors (Lipinski definition) is 8. The molecule has 1 aliphatic heterocycles. The molecule has 0 bridgehead atoms. The summed E-state index contributed by atoms with van der Waals surface area (Å²) in [6.07, 6.45) is 0. The van der Waals surface area contributed by atoms with E-state index in [0.29, 0.717) is 46.1 Å². The molecule has 31 heavy (non-hydrogen) atoms. The number of benzene rings is 1. The van der Waals surface area contributed by atoms with Crippen molar-refractivity contribution in [2.75, 3.05) is 50.9 Å². The number of ether oxygens (including phenoxy) is 1. The first-order chi connectivity index (χ1) is 15.0. The number of amides is 1. The number of anilines is 2. The molecule has 0 radical (unpaired) electrons. The van der Waals surface area contributed by atoms with Gasteiger partial charge in [-0.1, -0.05) is 29.8 Å². The maximum atomic E-state index is 12.9. The van der Waals surface area contributed by atoms with Crippen LogP contribution in [0.4, 0.5) is 11.5 Å². The Morgan fingerprint density at radius 3 is 2.68 bits per heavy atom. The lowest BCUT2D eigenvalue weighted by Crippen LogP contribution is -2.41. The fourth-order valence-corrected chi connectivity index (χ4v) is 4.72. The third-order valence-corrected chi connectivity index (χ3v) is 6.48. The molecule has 4 rings (SSSR count). The number of hydrogen-bond donors (Lipinski definition) is 3. The van der Waals surface area contributed by atoms with Crippen LogP contribution in [-0.4, -0.2) is 55.2 Å². The van der Waals surface area contributed by atoms with Crippen molar-refractivity contribution in [3.8, 4) is 17.2 Å². The smallest absolute Gasteiger partial charge is 0.263 e. The highest BCUT2D eigenvalue weighted by molar-refractivity contribution is 7.21. The molecule has 1 aromatic carbocycles. The van der Waals surface area contributed by atoms with Gasteiger partial charge in [-0.3, -0.25) is 9.69 Å². The fourth-order valence-electron chi connectivity index (χ4n) is 3.69. The van der Waals surface area contributed by atoms with Crippen LogP contribution in [0.15, 0.2) is 24.3 Å². The predicted octanol–water partition coefficient (Wildman–Crippen LogP) is 2.37. The molecule has 1 amide bonds. The van der Waals surface area contributed by atoms with Gasteiger partial charge in [-0.2, -0.15) is 5.26 Å². The van der Waals surface area contributed by atoms with Crippen LogP contribution in [0.5, 0.6) is 0 Å². The normalized spacial score (nSPS) is 14.5. The molecule has 3 aromatic rings. The first-order valence-electron chi connectivity index (χ1n) is 10.1. The number of morpholine rings is 1. The standard InChI is InChI=1S/C22H24N6O2S/c1-13-2-4-14(5-3-13)16-15(12-23)20(25)27-22-17(16)18(24)19(31-22)21(29)26-6-7-28-8-10-30-11-9-28/h2-5H,6-11,24H2,1H3,(H2,25,27)(H,26,29). The molecule has 8 nitrogen and oxygen atoms in total. The molecule has 1 saturated heterocycles. The van der Waals surface area contributed by atoms with E-state index in [2.05, 4.69) is 21.3 Å².